The third-order valence-corrected chi connectivity index (χ3v) is 8.15. The van der Waals surface area contributed by atoms with E-state index in [2.05, 4.69) is 22.0 Å². The number of nitrogens with zero attached hydrogens (tertiary/aromatic N) is 3. The van der Waals surface area contributed by atoms with Gasteiger partial charge in [0.1, 0.15) is 16.5 Å². The first kappa shape index (κ1) is 21.1. The van der Waals surface area contributed by atoms with E-state index in [1.165, 1.54) is 11.8 Å². The Hall–Kier alpha value is -2.12. The lowest BCUT2D eigenvalue weighted by molar-refractivity contribution is 0.346. The summed E-state index contributed by atoms with van der Waals surface area (Å²) < 4.78 is 32.5. The van der Waals surface area contributed by atoms with Crippen molar-refractivity contribution in [2.75, 3.05) is 38.2 Å². The van der Waals surface area contributed by atoms with E-state index in [-0.39, 0.29) is 0 Å². The van der Waals surface area contributed by atoms with Gasteiger partial charge in [0.05, 0.1) is 7.11 Å². The maximum atomic E-state index is 12.8. The molecule has 0 radical (unpaired) electrons. The number of aromatic nitrogens is 1. The predicted molar refractivity (Wildman–Crippen MR) is 118 cm³/mol. The summed E-state index contributed by atoms with van der Waals surface area (Å²) in [5.74, 6) is 2.42. The van der Waals surface area contributed by atoms with E-state index in [0.717, 1.165) is 63.2 Å². The molecule has 1 aromatic carbocycles. The Balaban J connectivity index is 1.34. The first-order chi connectivity index (χ1) is 14.6. The van der Waals surface area contributed by atoms with E-state index in [4.69, 9.17) is 4.74 Å². The zero-order valence-corrected chi connectivity index (χ0v) is 18.5. The van der Waals surface area contributed by atoms with Gasteiger partial charge >= 0.3 is 0 Å². The molecule has 0 unspecified atom stereocenters. The SMILES string of the molecule is COc1cccc(CC2CCN(c3ccc(S(=O)(=O)N4CCCCC4)cn3)CC2)c1. The van der Waals surface area contributed by atoms with E-state index in [0.29, 0.717) is 23.9 Å². The molecular weight excluding hydrogens is 398 g/mol. The molecule has 162 valence electrons. The highest BCUT2D eigenvalue weighted by atomic mass is 32.2. The fraction of sp³-hybridized carbons (Fsp3) is 0.522. The van der Waals surface area contributed by atoms with Crippen molar-refractivity contribution in [1.29, 1.82) is 0 Å². The van der Waals surface area contributed by atoms with Crippen LogP contribution in [0, 0.1) is 5.92 Å². The molecule has 0 amide bonds. The summed E-state index contributed by atoms with van der Waals surface area (Å²) in [4.78, 5) is 7.07. The molecule has 7 heteroatoms. The number of hydrogen-bond acceptors (Lipinski definition) is 5. The monoisotopic (exact) mass is 429 g/mol. The Morgan fingerprint density at radius 1 is 1.03 bits per heavy atom. The van der Waals surface area contributed by atoms with Gasteiger partial charge in [-0.2, -0.15) is 4.31 Å². The molecule has 0 aliphatic carbocycles. The van der Waals surface area contributed by atoms with E-state index in [1.54, 1.807) is 17.5 Å². The number of anilines is 1. The van der Waals surface area contributed by atoms with E-state index in [1.807, 2.05) is 18.2 Å². The van der Waals surface area contributed by atoms with Gasteiger partial charge < -0.3 is 9.64 Å². The average Bonchev–Trinajstić information content (AvgIpc) is 2.80. The summed E-state index contributed by atoms with van der Waals surface area (Å²) in [5.41, 5.74) is 1.32. The Morgan fingerprint density at radius 2 is 1.80 bits per heavy atom. The predicted octanol–water partition coefficient (Wildman–Crippen LogP) is 3.72. The van der Waals surface area contributed by atoms with Crippen LogP contribution in [0.1, 0.15) is 37.7 Å². The Bertz CT molecular complexity index is 932. The molecule has 2 aliphatic rings. The number of ether oxygens (including phenoxy) is 1. The summed E-state index contributed by atoms with van der Waals surface area (Å²) in [5, 5.41) is 0. The average molecular weight is 430 g/mol. The lowest BCUT2D eigenvalue weighted by Gasteiger charge is -2.33. The van der Waals surface area contributed by atoms with Crippen molar-refractivity contribution in [3.8, 4) is 5.75 Å². The highest BCUT2D eigenvalue weighted by Crippen LogP contribution is 2.27. The summed E-state index contributed by atoms with van der Waals surface area (Å²) in [6.45, 7) is 3.12. The van der Waals surface area contributed by atoms with Gasteiger partial charge in [-0.25, -0.2) is 13.4 Å². The van der Waals surface area contributed by atoms with Crippen LogP contribution in [-0.4, -0.2) is 51.0 Å². The molecule has 0 N–H and O–H groups in total. The molecule has 3 heterocycles. The maximum absolute atomic E-state index is 12.8. The fourth-order valence-electron chi connectivity index (χ4n) is 4.47. The topological polar surface area (TPSA) is 62.7 Å². The lowest BCUT2D eigenvalue weighted by atomic mass is 9.90. The van der Waals surface area contributed by atoms with Crippen molar-refractivity contribution in [1.82, 2.24) is 9.29 Å². The van der Waals surface area contributed by atoms with Crippen LogP contribution < -0.4 is 9.64 Å². The van der Waals surface area contributed by atoms with Crippen molar-refractivity contribution in [2.24, 2.45) is 5.92 Å². The van der Waals surface area contributed by atoms with Gasteiger partial charge in [-0.3, -0.25) is 0 Å². The van der Waals surface area contributed by atoms with Crippen molar-refractivity contribution in [3.63, 3.8) is 0 Å². The number of hydrogen-bond donors (Lipinski definition) is 0. The second-order valence-corrected chi connectivity index (χ2v) is 10.2. The van der Waals surface area contributed by atoms with Gasteiger partial charge in [0.2, 0.25) is 10.0 Å². The Labute approximate surface area is 179 Å². The fourth-order valence-corrected chi connectivity index (χ4v) is 5.93. The molecule has 0 saturated carbocycles. The van der Waals surface area contributed by atoms with Crippen molar-refractivity contribution < 1.29 is 13.2 Å². The van der Waals surface area contributed by atoms with Crippen LogP contribution in [0.5, 0.6) is 5.75 Å². The van der Waals surface area contributed by atoms with Crippen LogP contribution in [-0.2, 0) is 16.4 Å². The number of piperidine rings is 2. The van der Waals surface area contributed by atoms with Gasteiger partial charge in [0.15, 0.2) is 0 Å². The number of sulfonamides is 1. The molecule has 6 nitrogen and oxygen atoms in total. The van der Waals surface area contributed by atoms with Gasteiger partial charge in [-0.1, -0.05) is 18.6 Å². The van der Waals surface area contributed by atoms with Crippen LogP contribution in [0.15, 0.2) is 47.5 Å². The molecule has 0 spiro atoms. The summed E-state index contributed by atoms with van der Waals surface area (Å²) in [6.07, 6.45) is 7.79. The van der Waals surface area contributed by atoms with Crippen LogP contribution in [0.3, 0.4) is 0 Å². The minimum absolute atomic E-state index is 0.307. The molecule has 1 aromatic heterocycles. The minimum atomic E-state index is -3.42. The van der Waals surface area contributed by atoms with Crippen LogP contribution in [0.4, 0.5) is 5.82 Å². The normalized spacial score (nSPS) is 19.0. The molecule has 2 aromatic rings. The lowest BCUT2D eigenvalue weighted by Crippen LogP contribution is -2.36. The highest BCUT2D eigenvalue weighted by Gasteiger charge is 2.27. The minimum Gasteiger partial charge on any atom is -0.497 e. The van der Waals surface area contributed by atoms with Gasteiger partial charge in [0.25, 0.3) is 0 Å². The van der Waals surface area contributed by atoms with Crippen LogP contribution >= 0.6 is 0 Å². The van der Waals surface area contributed by atoms with Gasteiger partial charge in [-0.05, 0) is 67.9 Å². The van der Waals surface area contributed by atoms with Crippen molar-refractivity contribution >= 4 is 15.8 Å². The largest absolute Gasteiger partial charge is 0.497 e. The van der Waals surface area contributed by atoms with E-state index in [9.17, 15) is 8.42 Å². The quantitative estimate of drug-likeness (QED) is 0.700. The first-order valence-electron chi connectivity index (χ1n) is 10.9. The summed E-state index contributed by atoms with van der Waals surface area (Å²) in [7, 11) is -1.71. The molecule has 0 atom stereocenters. The smallest absolute Gasteiger partial charge is 0.244 e. The third kappa shape index (κ3) is 4.78. The maximum Gasteiger partial charge on any atom is 0.244 e. The zero-order chi connectivity index (χ0) is 21.0. The first-order valence-corrected chi connectivity index (χ1v) is 12.3. The second-order valence-electron chi connectivity index (χ2n) is 8.30. The number of methoxy groups -OCH3 is 1. The van der Waals surface area contributed by atoms with Crippen LogP contribution in [0.25, 0.3) is 0 Å². The molecule has 0 bridgehead atoms. The highest BCUT2D eigenvalue weighted by molar-refractivity contribution is 7.89. The van der Waals surface area contributed by atoms with E-state index >= 15 is 0 Å². The molecule has 2 fully saturated rings. The van der Waals surface area contributed by atoms with Crippen LogP contribution in [0.2, 0.25) is 0 Å². The molecule has 4 rings (SSSR count). The van der Waals surface area contributed by atoms with Crippen molar-refractivity contribution in [3.05, 3.63) is 48.2 Å². The number of benzene rings is 1. The van der Waals surface area contributed by atoms with E-state index < -0.39 is 10.0 Å². The molecular formula is C23H31N3O3S. The summed E-state index contributed by atoms with van der Waals surface area (Å²) in [6, 6.07) is 11.9. The van der Waals surface area contributed by atoms with Gasteiger partial charge in [0, 0.05) is 32.4 Å². The van der Waals surface area contributed by atoms with Gasteiger partial charge in [-0.15, -0.1) is 0 Å². The summed E-state index contributed by atoms with van der Waals surface area (Å²) >= 11 is 0. The standard InChI is InChI=1S/C23H31N3O3S/c1-29-21-7-5-6-20(17-21)16-19-10-14-25(15-11-19)23-9-8-22(18-24-23)30(27,28)26-12-3-2-4-13-26/h5-9,17-19H,2-4,10-16H2,1H3. The number of rotatable bonds is 6. The molecule has 30 heavy (non-hydrogen) atoms. The molecule has 2 aliphatic heterocycles. The Morgan fingerprint density at radius 3 is 2.47 bits per heavy atom. The third-order valence-electron chi connectivity index (χ3n) is 6.27. The zero-order valence-electron chi connectivity index (χ0n) is 17.7. The Kier molecular flexibility index (Phi) is 6.58. The van der Waals surface area contributed by atoms with Crippen molar-refractivity contribution in [2.45, 2.75) is 43.4 Å². The molecule has 2 saturated heterocycles. The number of pyridine rings is 1. The second kappa shape index (κ2) is 9.35.